The van der Waals surface area contributed by atoms with E-state index in [4.69, 9.17) is 11.6 Å². The molecule has 1 amide bonds. The Labute approximate surface area is 135 Å². The quantitative estimate of drug-likeness (QED) is 0.866. The summed E-state index contributed by atoms with van der Waals surface area (Å²) in [5.74, 6) is 0.207. The first-order valence-corrected chi connectivity index (χ1v) is 7.80. The van der Waals surface area contributed by atoms with Crippen molar-refractivity contribution in [1.82, 2.24) is 4.98 Å². The van der Waals surface area contributed by atoms with Crippen molar-refractivity contribution in [3.8, 4) is 0 Å². The summed E-state index contributed by atoms with van der Waals surface area (Å²) in [7, 11) is 0. The lowest BCUT2D eigenvalue weighted by Gasteiger charge is -2.20. The first-order chi connectivity index (χ1) is 10.6. The number of hydrogen-bond acceptors (Lipinski definition) is 3. The van der Waals surface area contributed by atoms with Crippen LogP contribution in [0, 0.1) is 0 Å². The van der Waals surface area contributed by atoms with E-state index in [2.05, 4.69) is 29.4 Å². The Balaban J connectivity index is 1.78. The number of hydrogen-bond donors (Lipinski definition) is 1. The van der Waals surface area contributed by atoms with Crippen molar-refractivity contribution in [2.45, 2.75) is 25.8 Å². The third-order valence-electron chi connectivity index (χ3n) is 3.87. The number of halogens is 1. The van der Waals surface area contributed by atoms with E-state index in [1.165, 1.54) is 0 Å². The van der Waals surface area contributed by atoms with Gasteiger partial charge in [0.05, 0.1) is 0 Å². The van der Waals surface area contributed by atoms with E-state index in [1.54, 1.807) is 12.3 Å². The molecule has 1 unspecified atom stereocenters. The molecule has 0 saturated carbocycles. The highest BCUT2D eigenvalue weighted by molar-refractivity contribution is 6.29. The van der Waals surface area contributed by atoms with Crippen molar-refractivity contribution in [3.63, 3.8) is 0 Å². The second-order valence-electron chi connectivity index (χ2n) is 5.48. The van der Waals surface area contributed by atoms with Crippen molar-refractivity contribution < 1.29 is 4.79 Å². The summed E-state index contributed by atoms with van der Waals surface area (Å²) in [5, 5.41) is 3.87. The van der Waals surface area contributed by atoms with E-state index >= 15 is 0 Å². The average Bonchev–Trinajstić information content (AvgIpc) is 2.93. The van der Waals surface area contributed by atoms with E-state index < -0.39 is 0 Å². The molecule has 2 heterocycles. The van der Waals surface area contributed by atoms with Gasteiger partial charge in [0.2, 0.25) is 5.91 Å². The molecule has 1 aliphatic rings. The van der Waals surface area contributed by atoms with Crippen LogP contribution in [0.2, 0.25) is 5.15 Å². The summed E-state index contributed by atoms with van der Waals surface area (Å²) < 4.78 is 0. The molecule has 1 fully saturated rings. The van der Waals surface area contributed by atoms with Crippen LogP contribution in [0.15, 0.2) is 42.6 Å². The molecule has 3 rings (SSSR count). The van der Waals surface area contributed by atoms with Gasteiger partial charge in [-0.3, -0.25) is 4.79 Å². The zero-order valence-corrected chi connectivity index (χ0v) is 13.2. The van der Waals surface area contributed by atoms with E-state index in [9.17, 15) is 4.79 Å². The van der Waals surface area contributed by atoms with Crippen LogP contribution in [-0.2, 0) is 4.79 Å². The van der Waals surface area contributed by atoms with Gasteiger partial charge in [0.25, 0.3) is 0 Å². The molecule has 114 valence electrons. The Morgan fingerprint density at radius 3 is 2.91 bits per heavy atom. The number of carbonyl (C=O) groups is 1. The largest absolute Gasteiger partial charge is 0.378 e. The van der Waals surface area contributed by atoms with Gasteiger partial charge in [-0.1, -0.05) is 23.7 Å². The average molecular weight is 316 g/mol. The topological polar surface area (TPSA) is 45.2 Å². The van der Waals surface area contributed by atoms with Gasteiger partial charge in [-0.2, -0.15) is 0 Å². The van der Waals surface area contributed by atoms with Crippen LogP contribution in [-0.4, -0.2) is 17.4 Å². The predicted octanol–water partition coefficient (Wildman–Crippen LogP) is 4.03. The molecule has 0 radical (unpaired) electrons. The minimum absolute atomic E-state index is 0.108. The fourth-order valence-corrected chi connectivity index (χ4v) is 2.88. The fourth-order valence-electron chi connectivity index (χ4n) is 2.71. The number of amides is 1. The van der Waals surface area contributed by atoms with Crippen molar-refractivity contribution in [2.24, 2.45) is 0 Å². The monoisotopic (exact) mass is 315 g/mol. The molecule has 1 aromatic carbocycles. The van der Waals surface area contributed by atoms with Crippen LogP contribution in [0.25, 0.3) is 0 Å². The first kappa shape index (κ1) is 14.9. The SMILES string of the molecule is CC(Nc1ccnc(Cl)c1)c1cccc(N2CCCC2=O)c1. The third-order valence-corrected chi connectivity index (χ3v) is 4.07. The van der Waals surface area contributed by atoms with Gasteiger partial charge in [0.15, 0.2) is 0 Å². The smallest absolute Gasteiger partial charge is 0.227 e. The summed E-state index contributed by atoms with van der Waals surface area (Å²) in [5.41, 5.74) is 3.03. The minimum Gasteiger partial charge on any atom is -0.378 e. The molecule has 1 saturated heterocycles. The van der Waals surface area contributed by atoms with Crippen LogP contribution < -0.4 is 10.2 Å². The number of anilines is 2. The second-order valence-corrected chi connectivity index (χ2v) is 5.86. The Morgan fingerprint density at radius 1 is 1.32 bits per heavy atom. The zero-order valence-electron chi connectivity index (χ0n) is 12.4. The molecule has 22 heavy (non-hydrogen) atoms. The van der Waals surface area contributed by atoms with Crippen LogP contribution in [0.5, 0.6) is 0 Å². The maximum Gasteiger partial charge on any atom is 0.227 e. The van der Waals surface area contributed by atoms with E-state index in [-0.39, 0.29) is 11.9 Å². The van der Waals surface area contributed by atoms with Gasteiger partial charge in [-0.25, -0.2) is 4.98 Å². The van der Waals surface area contributed by atoms with Crippen LogP contribution in [0.3, 0.4) is 0 Å². The van der Waals surface area contributed by atoms with Crippen molar-refractivity contribution in [1.29, 1.82) is 0 Å². The van der Waals surface area contributed by atoms with Gasteiger partial charge >= 0.3 is 0 Å². The summed E-state index contributed by atoms with van der Waals surface area (Å²) in [6, 6.07) is 11.9. The van der Waals surface area contributed by atoms with E-state index in [0.29, 0.717) is 11.6 Å². The summed E-state index contributed by atoms with van der Waals surface area (Å²) in [4.78, 5) is 17.7. The third kappa shape index (κ3) is 3.22. The van der Waals surface area contributed by atoms with Crippen molar-refractivity contribution >= 4 is 28.9 Å². The number of nitrogens with one attached hydrogen (secondary N) is 1. The predicted molar refractivity (Wildman–Crippen MR) is 89.3 cm³/mol. The lowest BCUT2D eigenvalue weighted by atomic mass is 10.1. The lowest BCUT2D eigenvalue weighted by molar-refractivity contribution is -0.117. The van der Waals surface area contributed by atoms with Gasteiger partial charge in [-0.15, -0.1) is 0 Å². The van der Waals surface area contributed by atoms with Gasteiger partial charge in [-0.05, 0) is 43.2 Å². The number of rotatable bonds is 4. The second kappa shape index (κ2) is 6.36. The molecule has 0 bridgehead atoms. The molecule has 1 aromatic heterocycles. The van der Waals surface area contributed by atoms with Gasteiger partial charge in [0.1, 0.15) is 5.15 Å². The zero-order chi connectivity index (χ0) is 15.5. The van der Waals surface area contributed by atoms with Crippen LogP contribution >= 0.6 is 11.6 Å². The van der Waals surface area contributed by atoms with E-state index in [1.807, 2.05) is 23.1 Å². The molecule has 1 aliphatic heterocycles. The Bertz CT molecular complexity index is 689. The van der Waals surface area contributed by atoms with Gasteiger partial charge < -0.3 is 10.2 Å². The minimum atomic E-state index is 0.108. The number of nitrogens with zero attached hydrogens (tertiary/aromatic N) is 2. The summed E-state index contributed by atoms with van der Waals surface area (Å²) in [6.07, 6.45) is 3.26. The molecular weight excluding hydrogens is 298 g/mol. The number of pyridine rings is 1. The maximum atomic E-state index is 11.9. The fraction of sp³-hybridized carbons (Fsp3) is 0.294. The van der Waals surface area contributed by atoms with E-state index in [0.717, 1.165) is 29.9 Å². The normalized spacial score (nSPS) is 15.9. The van der Waals surface area contributed by atoms with Gasteiger partial charge in [0, 0.05) is 36.6 Å². The number of benzene rings is 1. The Morgan fingerprint density at radius 2 is 2.18 bits per heavy atom. The Kier molecular flexibility index (Phi) is 4.29. The van der Waals surface area contributed by atoms with Crippen LogP contribution in [0.1, 0.15) is 31.4 Å². The highest BCUT2D eigenvalue weighted by atomic mass is 35.5. The highest BCUT2D eigenvalue weighted by Gasteiger charge is 2.22. The summed E-state index contributed by atoms with van der Waals surface area (Å²) in [6.45, 7) is 2.89. The number of carbonyl (C=O) groups excluding carboxylic acids is 1. The molecule has 0 aliphatic carbocycles. The van der Waals surface area contributed by atoms with Crippen LogP contribution in [0.4, 0.5) is 11.4 Å². The molecule has 5 heteroatoms. The van der Waals surface area contributed by atoms with Crippen molar-refractivity contribution in [3.05, 3.63) is 53.3 Å². The molecule has 1 atom stereocenters. The molecule has 0 spiro atoms. The molecule has 2 aromatic rings. The highest BCUT2D eigenvalue weighted by Crippen LogP contribution is 2.26. The number of aromatic nitrogens is 1. The molecule has 1 N–H and O–H groups in total. The van der Waals surface area contributed by atoms with Crippen molar-refractivity contribution in [2.75, 3.05) is 16.8 Å². The Hall–Kier alpha value is -2.07. The molecular formula is C17H18ClN3O. The molecule has 4 nitrogen and oxygen atoms in total. The standard InChI is InChI=1S/C17H18ClN3O/c1-12(20-14-7-8-19-16(18)11-14)13-4-2-5-15(10-13)21-9-3-6-17(21)22/h2,4-5,7-8,10-12H,3,6,9H2,1H3,(H,19,20). The summed E-state index contributed by atoms with van der Waals surface area (Å²) >= 11 is 5.91. The lowest BCUT2D eigenvalue weighted by Crippen LogP contribution is -2.23. The maximum absolute atomic E-state index is 11.9. The first-order valence-electron chi connectivity index (χ1n) is 7.42.